The van der Waals surface area contributed by atoms with E-state index in [0.717, 1.165) is 35.6 Å². The molecule has 2 aromatic rings. The molecule has 0 aliphatic heterocycles. The van der Waals surface area contributed by atoms with Crippen molar-refractivity contribution in [2.75, 3.05) is 35.2 Å². The van der Waals surface area contributed by atoms with Crippen LogP contribution in [0.15, 0.2) is 53.6 Å². The van der Waals surface area contributed by atoms with Gasteiger partial charge in [-0.25, -0.2) is 0 Å². The Kier molecular flexibility index (Phi) is 7.24. The Hall–Kier alpha value is -1.71. The topological polar surface area (TPSA) is 27.6 Å². The molecule has 3 nitrogen and oxygen atoms in total. The second-order valence-electron chi connectivity index (χ2n) is 5.14. The third-order valence-corrected chi connectivity index (χ3v) is 3.84. The molecule has 23 heavy (non-hydrogen) atoms. The van der Waals surface area contributed by atoms with Crippen molar-refractivity contribution < 1.29 is 0 Å². The number of nitrogens with zero attached hydrogens (tertiary/aromatic N) is 2. The molecule has 0 atom stereocenters. The van der Waals surface area contributed by atoms with Gasteiger partial charge in [-0.15, -0.1) is 23.2 Å². The quantitative estimate of drug-likeness (QED) is 0.424. The summed E-state index contributed by atoms with van der Waals surface area (Å²) in [6.45, 7) is 3.65. The summed E-state index contributed by atoms with van der Waals surface area (Å²) >= 11 is 11.7. The molecular formula is C18H21Cl2N3. The number of aryl methyl sites for hydroxylation is 1. The summed E-state index contributed by atoms with van der Waals surface area (Å²) in [6, 6.07) is 16.2. The molecule has 0 saturated heterocycles. The number of para-hydroxylation sites is 1. The molecule has 0 unspecified atom stereocenters. The molecule has 5 heteroatoms. The second kappa shape index (κ2) is 9.43. The molecule has 2 aromatic carbocycles. The van der Waals surface area contributed by atoms with Crippen LogP contribution in [-0.2, 0) is 0 Å². The standard InChI is InChI=1S/C18H21Cl2N3/c1-15-13-18(23(11-9-19)12-10-20)8-7-16(15)14-21-22-17-5-3-2-4-6-17/h2-8,13-14,22H,9-12H2,1H3. The van der Waals surface area contributed by atoms with Gasteiger partial charge in [-0.1, -0.05) is 24.3 Å². The van der Waals surface area contributed by atoms with E-state index in [4.69, 9.17) is 23.2 Å². The van der Waals surface area contributed by atoms with Crippen LogP contribution in [0.4, 0.5) is 11.4 Å². The van der Waals surface area contributed by atoms with E-state index >= 15 is 0 Å². The highest BCUT2D eigenvalue weighted by atomic mass is 35.5. The van der Waals surface area contributed by atoms with Gasteiger partial charge in [-0.3, -0.25) is 5.43 Å². The largest absolute Gasteiger partial charge is 0.369 e. The minimum Gasteiger partial charge on any atom is -0.369 e. The summed E-state index contributed by atoms with van der Waals surface area (Å²) in [6.07, 6.45) is 1.83. The number of hydrogen-bond acceptors (Lipinski definition) is 3. The Morgan fingerprint density at radius 3 is 2.35 bits per heavy atom. The van der Waals surface area contributed by atoms with E-state index in [1.54, 1.807) is 0 Å². The van der Waals surface area contributed by atoms with E-state index in [0.29, 0.717) is 11.8 Å². The van der Waals surface area contributed by atoms with Crippen LogP contribution in [0.3, 0.4) is 0 Å². The number of alkyl halides is 2. The van der Waals surface area contributed by atoms with E-state index in [1.165, 1.54) is 0 Å². The lowest BCUT2D eigenvalue weighted by Gasteiger charge is -2.23. The van der Waals surface area contributed by atoms with Crippen LogP contribution in [0.1, 0.15) is 11.1 Å². The van der Waals surface area contributed by atoms with Gasteiger partial charge >= 0.3 is 0 Å². The normalized spacial score (nSPS) is 10.9. The zero-order valence-corrected chi connectivity index (χ0v) is 14.7. The molecule has 0 saturated carbocycles. The maximum Gasteiger partial charge on any atom is 0.0561 e. The van der Waals surface area contributed by atoms with Crippen molar-refractivity contribution >= 4 is 40.8 Å². The average molecular weight is 350 g/mol. The lowest BCUT2D eigenvalue weighted by atomic mass is 10.1. The fraction of sp³-hybridized carbons (Fsp3) is 0.278. The molecule has 0 spiro atoms. The first-order valence-corrected chi connectivity index (χ1v) is 8.63. The zero-order chi connectivity index (χ0) is 16.5. The second-order valence-corrected chi connectivity index (χ2v) is 5.90. The van der Waals surface area contributed by atoms with Crippen LogP contribution in [0, 0.1) is 6.92 Å². The number of hydrogen-bond donors (Lipinski definition) is 1. The molecule has 0 aliphatic rings. The molecule has 0 heterocycles. The molecule has 2 rings (SSSR count). The minimum atomic E-state index is 0.583. The SMILES string of the molecule is Cc1cc(N(CCCl)CCCl)ccc1C=NNc1ccccc1. The Morgan fingerprint density at radius 1 is 1.04 bits per heavy atom. The van der Waals surface area contributed by atoms with E-state index in [9.17, 15) is 0 Å². The maximum atomic E-state index is 5.87. The zero-order valence-electron chi connectivity index (χ0n) is 13.2. The van der Waals surface area contributed by atoms with Crippen LogP contribution < -0.4 is 10.3 Å². The van der Waals surface area contributed by atoms with Crippen molar-refractivity contribution in [2.24, 2.45) is 5.10 Å². The summed E-state index contributed by atoms with van der Waals surface area (Å²) in [5.74, 6) is 1.17. The first kappa shape index (κ1) is 17.6. The molecule has 0 aliphatic carbocycles. The van der Waals surface area contributed by atoms with E-state index in [2.05, 4.69) is 40.5 Å². The third kappa shape index (κ3) is 5.45. The highest BCUT2D eigenvalue weighted by molar-refractivity contribution is 6.18. The van der Waals surface area contributed by atoms with Crippen LogP contribution in [0.2, 0.25) is 0 Å². The predicted octanol–water partition coefficient (Wildman–Crippen LogP) is 4.73. The third-order valence-electron chi connectivity index (χ3n) is 3.50. The molecule has 1 N–H and O–H groups in total. The van der Waals surface area contributed by atoms with E-state index in [1.807, 2.05) is 36.5 Å². The fourth-order valence-corrected chi connectivity index (χ4v) is 2.67. The van der Waals surface area contributed by atoms with Gasteiger partial charge in [0.05, 0.1) is 11.9 Å². The average Bonchev–Trinajstić information content (AvgIpc) is 2.57. The van der Waals surface area contributed by atoms with Gasteiger partial charge in [-0.05, 0) is 42.3 Å². The molecular weight excluding hydrogens is 329 g/mol. The molecule has 0 fully saturated rings. The van der Waals surface area contributed by atoms with Crippen molar-refractivity contribution in [1.29, 1.82) is 0 Å². The lowest BCUT2D eigenvalue weighted by Crippen LogP contribution is -2.27. The van der Waals surface area contributed by atoms with Crippen LogP contribution in [0.5, 0.6) is 0 Å². The summed E-state index contributed by atoms with van der Waals surface area (Å²) < 4.78 is 0. The van der Waals surface area contributed by atoms with Crippen molar-refractivity contribution in [1.82, 2.24) is 0 Å². The van der Waals surface area contributed by atoms with Crippen LogP contribution >= 0.6 is 23.2 Å². The Labute approximate surface area is 147 Å². The molecule has 0 aromatic heterocycles. The monoisotopic (exact) mass is 349 g/mol. The van der Waals surface area contributed by atoms with Gasteiger partial charge < -0.3 is 4.90 Å². The Balaban J connectivity index is 2.06. The number of anilines is 2. The molecule has 0 amide bonds. The smallest absolute Gasteiger partial charge is 0.0561 e. The van der Waals surface area contributed by atoms with Crippen molar-refractivity contribution in [3.8, 4) is 0 Å². The van der Waals surface area contributed by atoms with Crippen molar-refractivity contribution in [3.05, 3.63) is 59.7 Å². The van der Waals surface area contributed by atoms with E-state index in [-0.39, 0.29) is 0 Å². The number of rotatable bonds is 8. The molecule has 0 radical (unpaired) electrons. The maximum absolute atomic E-state index is 5.87. The van der Waals surface area contributed by atoms with Gasteiger partial charge in [0.1, 0.15) is 0 Å². The summed E-state index contributed by atoms with van der Waals surface area (Å²) in [4.78, 5) is 2.19. The molecule has 0 bridgehead atoms. The van der Waals surface area contributed by atoms with Gasteiger partial charge in [0, 0.05) is 30.5 Å². The highest BCUT2D eigenvalue weighted by Crippen LogP contribution is 2.19. The summed E-state index contributed by atoms with van der Waals surface area (Å²) in [5.41, 5.74) is 7.36. The first-order valence-electron chi connectivity index (χ1n) is 7.56. The minimum absolute atomic E-state index is 0.583. The van der Waals surface area contributed by atoms with Crippen LogP contribution in [-0.4, -0.2) is 31.1 Å². The van der Waals surface area contributed by atoms with E-state index < -0.39 is 0 Å². The predicted molar refractivity (Wildman–Crippen MR) is 102 cm³/mol. The lowest BCUT2D eigenvalue weighted by molar-refractivity contribution is 0.873. The molecule has 122 valence electrons. The highest BCUT2D eigenvalue weighted by Gasteiger charge is 2.06. The number of hydrazone groups is 1. The Bertz CT molecular complexity index is 623. The number of halogens is 2. The summed E-state index contributed by atoms with van der Waals surface area (Å²) in [7, 11) is 0. The number of nitrogens with one attached hydrogen (secondary N) is 1. The van der Waals surface area contributed by atoms with Gasteiger partial charge in [0.15, 0.2) is 0 Å². The first-order chi connectivity index (χ1) is 11.2. The summed E-state index contributed by atoms with van der Waals surface area (Å²) in [5, 5.41) is 4.29. The van der Waals surface area contributed by atoms with Gasteiger partial charge in [-0.2, -0.15) is 5.10 Å². The van der Waals surface area contributed by atoms with Gasteiger partial charge in [0.25, 0.3) is 0 Å². The Morgan fingerprint density at radius 2 is 1.74 bits per heavy atom. The van der Waals surface area contributed by atoms with Gasteiger partial charge in [0.2, 0.25) is 0 Å². The van der Waals surface area contributed by atoms with Crippen molar-refractivity contribution in [2.45, 2.75) is 6.92 Å². The number of benzene rings is 2. The van der Waals surface area contributed by atoms with Crippen LogP contribution in [0.25, 0.3) is 0 Å². The fourth-order valence-electron chi connectivity index (χ4n) is 2.26. The van der Waals surface area contributed by atoms with Crippen molar-refractivity contribution in [3.63, 3.8) is 0 Å².